The maximum Gasteiger partial charge on any atom is 0.433 e. The van der Waals surface area contributed by atoms with E-state index in [9.17, 15) is 18.0 Å². The molecule has 2 aromatic rings. The molecule has 0 aromatic carbocycles. The number of alkyl halides is 3. The molecule has 26 heavy (non-hydrogen) atoms. The zero-order valence-corrected chi connectivity index (χ0v) is 14.7. The summed E-state index contributed by atoms with van der Waals surface area (Å²) in [5, 5.41) is 6.80. The van der Waals surface area contributed by atoms with Crippen molar-refractivity contribution in [2.75, 3.05) is 0 Å². The molecule has 2 aromatic heterocycles. The van der Waals surface area contributed by atoms with Gasteiger partial charge in [-0.2, -0.15) is 18.3 Å². The van der Waals surface area contributed by atoms with Crippen LogP contribution in [0.3, 0.4) is 0 Å². The van der Waals surface area contributed by atoms with Crippen molar-refractivity contribution in [1.82, 2.24) is 19.9 Å². The van der Waals surface area contributed by atoms with Crippen LogP contribution in [0.5, 0.6) is 0 Å². The molecule has 0 radical (unpaired) electrons. The van der Waals surface area contributed by atoms with Gasteiger partial charge in [-0.25, -0.2) is 9.50 Å². The van der Waals surface area contributed by atoms with Gasteiger partial charge in [0.2, 0.25) is 0 Å². The van der Waals surface area contributed by atoms with Crippen LogP contribution in [0.1, 0.15) is 54.5 Å². The number of carbonyl (C=O) groups is 1. The Morgan fingerprint density at radius 1 is 1.31 bits per heavy atom. The second-order valence-corrected chi connectivity index (χ2v) is 7.68. The van der Waals surface area contributed by atoms with E-state index in [4.69, 9.17) is 0 Å². The number of fused-ring (bicyclic) bond motifs is 3. The molecule has 1 N–H and O–H groups in total. The highest BCUT2D eigenvalue weighted by atomic mass is 19.4. The first-order valence-electron chi connectivity index (χ1n) is 8.98. The Bertz CT molecular complexity index is 860. The number of nitrogens with zero attached hydrogens (tertiary/aromatic N) is 3. The fourth-order valence-electron chi connectivity index (χ4n) is 4.71. The lowest BCUT2D eigenvalue weighted by Crippen LogP contribution is -2.40. The van der Waals surface area contributed by atoms with Crippen LogP contribution in [0.2, 0.25) is 0 Å². The lowest BCUT2D eigenvalue weighted by atomic mass is 9.84. The van der Waals surface area contributed by atoms with E-state index in [1.54, 1.807) is 0 Å². The fraction of sp³-hybridized carbons (Fsp3) is 0.611. The van der Waals surface area contributed by atoms with E-state index >= 15 is 0 Å². The van der Waals surface area contributed by atoms with Crippen molar-refractivity contribution in [2.45, 2.75) is 51.7 Å². The zero-order chi connectivity index (χ0) is 18.6. The number of hydrogen-bond acceptors (Lipinski definition) is 3. The number of rotatable bonds is 3. The maximum atomic E-state index is 13.2. The lowest BCUT2D eigenvalue weighted by molar-refractivity contribution is -0.142. The van der Waals surface area contributed by atoms with E-state index < -0.39 is 17.8 Å². The number of carbonyl (C=O) groups excluding carboxylic acids is 1. The summed E-state index contributed by atoms with van der Waals surface area (Å²) < 4.78 is 40.4. The highest BCUT2D eigenvalue weighted by molar-refractivity contribution is 5.93. The van der Waals surface area contributed by atoms with Crippen molar-refractivity contribution in [1.29, 1.82) is 0 Å². The van der Waals surface area contributed by atoms with Gasteiger partial charge in [0.05, 0.1) is 0 Å². The topological polar surface area (TPSA) is 59.3 Å². The van der Waals surface area contributed by atoms with Gasteiger partial charge in [0.25, 0.3) is 5.91 Å². The molecule has 2 heterocycles. The third kappa shape index (κ3) is 2.95. The summed E-state index contributed by atoms with van der Waals surface area (Å²) in [7, 11) is 0. The molecule has 2 bridgehead atoms. The van der Waals surface area contributed by atoms with E-state index in [2.05, 4.69) is 15.4 Å². The molecule has 140 valence electrons. The SMILES string of the molecule is Cc1cc(C(F)(F)F)n2nc(C(=O)NC(C)C3CC4CCC3C4)cc2n1. The van der Waals surface area contributed by atoms with Crippen molar-refractivity contribution >= 4 is 11.6 Å². The summed E-state index contributed by atoms with van der Waals surface area (Å²) in [4.78, 5) is 16.6. The number of aromatic nitrogens is 3. The summed E-state index contributed by atoms with van der Waals surface area (Å²) in [6, 6.07) is 2.23. The first-order valence-corrected chi connectivity index (χ1v) is 8.98. The molecule has 8 heteroatoms. The molecule has 4 unspecified atom stereocenters. The number of amides is 1. The molecule has 0 saturated heterocycles. The second-order valence-electron chi connectivity index (χ2n) is 7.68. The molecule has 0 spiro atoms. The fourth-order valence-corrected chi connectivity index (χ4v) is 4.71. The van der Waals surface area contributed by atoms with Crippen molar-refractivity contribution in [3.8, 4) is 0 Å². The van der Waals surface area contributed by atoms with Crippen LogP contribution in [0, 0.1) is 24.7 Å². The summed E-state index contributed by atoms with van der Waals surface area (Å²) in [6.45, 7) is 3.46. The van der Waals surface area contributed by atoms with Crippen LogP contribution in [0.4, 0.5) is 13.2 Å². The predicted octanol–water partition coefficient (Wildman–Crippen LogP) is 3.61. The summed E-state index contributed by atoms with van der Waals surface area (Å²) in [5.41, 5.74) is -0.717. The highest BCUT2D eigenvalue weighted by Gasteiger charge is 2.42. The monoisotopic (exact) mass is 366 g/mol. The standard InChI is InChI=1S/C18H21F3N4O/c1-9-5-15(18(19,20)21)25-16(22-9)8-14(24-25)17(26)23-10(2)13-7-11-3-4-12(13)6-11/h5,8,10-13H,3-4,6-7H2,1-2H3,(H,23,26). The lowest BCUT2D eigenvalue weighted by Gasteiger charge is -2.28. The average Bonchev–Trinajstić information content (AvgIpc) is 3.27. The van der Waals surface area contributed by atoms with Crippen molar-refractivity contribution < 1.29 is 18.0 Å². The van der Waals surface area contributed by atoms with Crippen LogP contribution in [-0.4, -0.2) is 26.5 Å². The predicted molar refractivity (Wildman–Crippen MR) is 88.6 cm³/mol. The van der Waals surface area contributed by atoms with Gasteiger partial charge in [-0.3, -0.25) is 4.79 Å². The van der Waals surface area contributed by atoms with Crippen molar-refractivity contribution in [2.24, 2.45) is 17.8 Å². The van der Waals surface area contributed by atoms with Gasteiger partial charge in [-0.15, -0.1) is 0 Å². The molecule has 1 amide bonds. The average molecular weight is 366 g/mol. The minimum atomic E-state index is -4.57. The Kier molecular flexibility index (Phi) is 3.96. The Morgan fingerprint density at radius 2 is 2.08 bits per heavy atom. The quantitative estimate of drug-likeness (QED) is 0.903. The Balaban J connectivity index is 1.57. The van der Waals surface area contributed by atoms with Crippen LogP contribution >= 0.6 is 0 Å². The molecule has 2 saturated carbocycles. The van der Waals surface area contributed by atoms with Crippen molar-refractivity contribution in [3.05, 3.63) is 29.2 Å². The largest absolute Gasteiger partial charge is 0.433 e. The van der Waals surface area contributed by atoms with Crippen molar-refractivity contribution in [3.63, 3.8) is 0 Å². The second kappa shape index (κ2) is 5.96. The number of hydrogen-bond donors (Lipinski definition) is 1. The number of aryl methyl sites for hydroxylation is 1. The third-order valence-corrected chi connectivity index (χ3v) is 5.87. The van der Waals surface area contributed by atoms with E-state index in [1.165, 1.54) is 32.3 Å². The number of nitrogens with one attached hydrogen (secondary N) is 1. The van der Waals surface area contributed by atoms with Gasteiger partial charge in [0, 0.05) is 17.8 Å². The Morgan fingerprint density at radius 3 is 2.69 bits per heavy atom. The molecule has 2 fully saturated rings. The minimum absolute atomic E-state index is 0.0144. The molecule has 2 aliphatic rings. The molecule has 4 rings (SSSR count). The van der Waals surface area contributed by atoms with Gasteiger partial charge in [-0.1, -0.05) is 6.42 Å². The summed E-state index contributed by atoms with van der Waals surface area (Å²) in [6.07, 6.45) is 0.275. The van der Waals surface area contributed by atoms with E-state index in [0.29, 0.717) is 16.4 Å². The van der Waals surface area contributed by atoms with Gasteiger partial charge in [-0.05, 0) is 56.9 Å². The first-order chi connectivity index (χ1) is 12.2. The van der Waals surface area contributed by atoms with Crippen LogP contribution < -0.4 is 5.32 Å². The van der Waals surface area contributed by atoms with E-state index in [-0.39, 0.29) is 23.1 Å². The van der Waals surface area contributed by atoms with E-state index in [0.717, 1.165) is 18.4 Å². The van der Waals surface area contributed by atoms with Crippen LogP contribution in [0.25, 0.3) is 5.65 Å². The van der Waals surface area contributed by atoms with Crippen LogP contribution in [0.15, 0.2) is 12.1 Å². The summed E-state index contributed by atoms with van der Waals surface area (Å²) >= 11 is 0. The normalized spacial score (nSPS) is 26.4. The Labute approximate surface area is 149 Å². The zero-order valence-electron chi connectivity index (χ0n) is 14.7. The van der Waals surface area contributed by atoms with Crippen LogP contribution in [-0.2, 0) is 6.18 Å². The smallest absolute Gasteiger partial charge is 0.348 e. The molecule has 2 aliphatic carbocycles. The molecule has 5 nitrogen and oxygen atoms in total. The molecule has 0 aliphatic heterocycles. The van der Waals surface area contributed by atoms with Gasteiger partial charge in [0.1, 0.15) is 5.69 Å². The Hall–Kier alpha value is -2.12. The summed E-state index contributed by atoms with van der Waals surface area (Å²) in [5.74, 6) is 1.41. The third-order valence-electron chi connectivity index (χ3n) is 5.87. The number of halogens is 3. The van der Waals surface area contributed by atoms with E-state index in [1.807, 2.05) is 6.92 Å². The van der Waals surface area contributed by atoms with Gasteiger partial charge < -0.3 is 5.32 Å². The minimum Gasteiger partial charge on any atom is -0.348 e. The molecule has 4 atom stereocenters. The first kappa shape index (κ1) is 17.3. The molecular weight excluding hydrogens is 345 g/mol. The molecular formula is C18H21F3N4O. The van der Waals surface area contributed by atoms with Gasteiger partial charge >= 0.3 is 6.18 Å². The maximum absolute atomic E-state index is 13.2. The highest BCUT2D eigenvalue weighted by Crippen LogP contribution is 2.49. The van der Waals surface area contributed by atoms with Gasteiger partial charge in [0.15, 0.2) is 11.3 Å².